The molecule has 1 aromatic carbocycles. The number of hydrogen-bond acceptors (Lipinski definition) is 3. The Bertz CT molecular complexity index is 603. The third kappa shape index (κ3) is 5.85. The summed E-state index contributed by atoms with van der Waals surface area (Å²) in [5.41, 5.74) is 0. The monoisotopic (exact) mass is 371 g/mol. The van der Waals surface area contributed by atoms with Gasteiger partial charge in [0, 0.05) is 17.4 Å². The molecule has 2 aromatic rings. The lowest BCUT2D eigenvalue weighted by molar-refractivity contribution is -0.121. The highest BCUT2D eigenvalue weighted by Crippen LogP contribution is 2.21. The maximum absolute atomic E-state index is 12.9. The number of thiophene rings is 1. The van der Waals surface area contributed by atoms with Gasteiger partial charge >= 0.3 is 0 Å². The second-order valence-electron chi connectivity index (χ2n) is 4.39. The molecule has 0 aliphatic carbocycles. The number of halogens is 2. The van der Waals surface area contributed by atoms with Crippen molar-refractivity contribution >= 4 is 33.2 Å². The average molecular weight is 372 g/mol. The van der Waals surface area contributed by atoms with Crippen LogP contribution in [0.2, 0.25) is 0 Å². The van der Waals surface area contributed by atoms with E-state index in [-0.39, 0.29) is 11.7 Å². The zero-order valence-electron chi connectivity index (χ0n) is 11.3. The Balaban J connectivity index is 1.61. The molecule has 0 fully saturated rings. The van der Waals surface area contributed by atoms with Crippen molar-refractivity contribution in [2.24, 2.45) is 0 Å². The van der Waals surface area contributed by atoms with Gasteiger partial charge < -0.3 is 10.1 Å². The molecule has 0 saturated carbocycles. The minimum atomic E-state index is -0.327. The van der Waals surface area contributed by atoms with E-state index in [0.717, 1.165) is 8.66 Å². The molecular formula is C15H15BrFNO2S. The molecule has 112 valence electrons. The van der Waals surface area contributed by atoms with Gasteiger partial charge in [0.05, 0.1) is 16.9 Å². The fourth-order valence-corrected chi connectivity index (χ4v) is 3.12. The molecule has 1 aromatic heterocycles. The Labute approximate surface area is 135 Å². The van der Waals surface area contributed by atoms with Crippen molar-refractivity contribution in [2.75, 3.05) is 6.61 Å². The van der Waals surface area contributed by atoms with Gasteiger partial charge in [0.25, 0.3) is 0 Å². The molecule has 1 N–H and O–H groups in total. The van der Waals surface area contributed by atoms with Gasteiger partial charge in [0.15, 0.2) is 0 Å². The lowest BCUT2D eigenvalue weighted by atomic mass is 10.3. The van der Waals surface area contributed by atoms with E-state index < -0.39 is 0 Å². The van der Waals surface area contributed by atoms with Gasteiger partial charge in [-0.2, -0.15) is 0 Å². The lowest BCUT2D eigenvalue weighted by Crippen LogP contribution is -2.22. The van der Waals surface area contributed by atoms with Crippen LogP contribution in [0, 0.1) is 5.82 Å². The lowest BCUT2D eigenvalue weighted by Gasteiger charge is -2.06. The third-order valence-corrected chi connectivity index (χ3v) is 4.33. The maximum atomic E-state index is 12.9. The number of benzene rings is 1. The van der Waals surface area contributed by atoms with Crippen molar-refractivity contribution in [1.82, 2.24) is 5.32 Å². The van der Waals surface area contributed by atoms with E-state index in [4.69, 9.17) is 4.74 Å². The van der Waals surface area contributed by atoms with Crippen LogP contribution in [0.3, 0.4) is 0 Å². The highest BCUT2D eigenvalue weighted by atomic mass is 79.9. The summed E-state index contributed by atoms with van der Waals surface area (Å²) in [6, 6.07) is 9.91. The zero-order valence-corrected chi connectivity index (χ0v) is 13.7. The molecule has 0 spiro atoms. The van der Waals surface area contributed by atoms with E-state index in [1.54, 1.807) is 23.5 Å². The Morgan fingerprint density at radius 3 is 2.90 bits per heavy atom. The molecule has 0 unspecified atom stereocenters. The van der Waals surface area contributed by atoms with Crippen molar-refractivity contribution < 1.29 is 13.9 Å². The van der Waals surface area contributed by atoms with Crippen LogP contribution in [-0.2, 0) is 11.3 Å². The van der Waals surface area contributed by atoms with Gasteiger partial charge in [-0.15, -0.1) is 11.3 Å². The molecule has 1 amide bonds. The van der Waals surface area contributed by atoms with Crippen molar-refractivity contribution in [3.63, 3.8) is 0 Å². The van der Waals surface area contributed by atoms with Crippen LogP contribution < -0.4 is 10.1 Å². The largest absolute Gasteiger partial charge is 0.493 e. The molecule has 0 saturated heterocycles. The van der Waals surface area contributed by atoms with Crippen molar-refractivity contribution in [2.45, 2.75) is 19.4 Å². The first kappa shape index (κ1) is 16.0. The quantitative estimate of drug-likeness (QED) is 0.743. The summed E-state index contributed by atoms with van der Waals surface area (Å²) in [5, 5.41) is 2.86. The molecule has 0 aliphatic rings. The molecule has 2 rings (SSSR count). The fraction of sp³-hybridized carbons (Fsp3) is 0.267. The molecule has 0 bridgehead atoms. The number of ether oxygens (including phenoxy) is 1. The van der Waals surface area contributed by atoms with Gasteiger partial charge in [-0.05, 0) is 46.6 Å². The number of amides is 1. The van der Waals surface area contributed by atoms with Gasteiger partial charge in [-0.1, -0.05) is 6.07 Å². The van der Waals surface area contributed by atoms with Crippen LogP contribution >= 0.6 is 27.3 Å². The Hall–Kier alpha value is -1.40. The highest BCUT2D eigenvalue weighted by Gasteiger charge is 2.03. The van der Waals surface area contributed by atoms with Gasteiger partial charge in [-0.25, -0.2) is 4.39 Å². The summed E-state index contributed by atoms with van der Waals surface area (Å²) in [6.07, 6.45) is 0.984. The predicted molar refractivity (Wildman–Crippen MR) is 85.0 cm³/mol. The topological polar surface area (TPSA) is 38.3 Å². The second kappa shape index (κ2) is 8.14. The van der Waals surface area contributed by atoms with Crippen molar-refractivity contribution in [3.05, 3.63) is 50.9 Å². The first-order chi connectivity index (χ1) is 10.1. The van der Waals surface area contributed by atoms with E-state index in [0.29, 0.717) is 31.7 Å². The van der Waals surface area contributed by atoms with Crippen molar-refractivity contribution in [1.29, 1.82) is 0 Å². The van der Waals surface area contributed by atoms with E-state index in [1.165, 1.54) is 12.1 Å². The normalized spacial score (nSPS) is 10.4. The van der Waals surface area contributed by atoms with E-state index >= 15 is 0 Å². The minimum Gasteiger partial charge on any atom is -0.493 e. The van der Waals surface area contributed by atoms with Crippen LogP contribution in [0.4, 0.5) is 4.39 Å². The number of carbonyl (C=O) groups excluding carboxylic acids is 1. The van der Waals surface area contributed by atoms with Crippen LogP contribution in [-0.4, -0.2) is 12.5 Å². The minimum absolute atomic E-state index is 0.0117. The van der Waals surface area contributed by atoms with Crippen LogP contribution in [0.25, 0.3) is 0 Å². The van der Waals surface area contributed by atoms with E-state index in [9.17, 15) is 9.18 Å². The molecule has 0 aliphatic heterocycles. The molecule has 0 atom stereocenters. The maximum Gasteiger partial charge on any atom is 0.220 e. The number of nitrogens with one attached hydrogen (secondary N) is 1. The summed E-state index contributed by atoms with van der Waals surface area (Å²) in [5.74, 6) is 0.147. The van der Waals surface area contributed by atoms with Crippen LogP contribution in [0.1, 0.15) is 17.7 Å². The summed E-state index contributed by atoms with van der Waals surface area (Å²) in [6.45, 7) is 0.932. The smallest absolute Gasteiger partial charge is 0.220 e. The fourth-order valence-electron chi connectivity index (χ4n) is 1.70. The number of carbonyl (C=O) groups is 1. The van der Waals surface area contributed by atoms with Gasteiger partial charge in [0.2, 0.25) is 5.91 Å². The molecule has 0 radical (unpaired) electrons. The molecule has 21 heavy (non-hydrogen) atoms. The molecule has 6 heteroatoms. The Morgan fingerprint density at radius 2 is 2.19 bits per heavy atom. The molecule has 3 nitrogen and oxygen atoms in total. The van der Waals surface area contributed by atoms with Crippen LogP contribution in [0.15, 0.2) is 40.2 Å². The van der Waals surface area contributed by atoms with E-state index in [2.05, 4.69) is 21.2 Å². The summed E-state index contributed by atoms with van der Waals surface area (Å²) < 4.78 is 19.4. The first-order valence-corrected chi connectivity index (χ1v) is 8.14. The van der Waals surface area contributed by atoms with Gasteiger partial charge in [-0.3, -0.25) is 4.79 Å². The van der Waals surface area contributed by atoms with E-state index in [1.807, 2.05) is 12.1 Å². The standard InChI is InChI=1S/C15H15BrFNO2S/c16-14-7-6-13(21-14)10-18-15(19)5-2-8-20-12-4-1-3-11(17)9-12/h1,3-4,6-7,9H,2,5,8,10H2,(H,18,19). The van der Waals surface area contributed by atoms with Crippen molar-refractivity contribution in [3.8, 4) is 5.75 Å². The van der Waals surface area contributed by atoms with Crippen LogP contribution in [0.5, 0.6) is 5.75 Å². The Morgan fingerprint density at radius 1 is 1.33 bits per heavy atom. The number of rotatable bonds is 7. The average Bonchev–Trinajstić information content (AvgIpc) is 2.87. The molecule has 1 heterocycles. The third-order valence-electron chi connectivity index (χ3n) is 2.70. The summed E-state index contributed by atoms with van der Waals surface area (Å²) >= 11 is 4.98. The summed E-state index contributed by atoms with van der Waals surface area (Å²) in [7, 11) is 0. The Kier molecular flexibility index (Phi) is 6.20. The summed E-state index contributed by atoms with van der Waals surface area (Å²) in [4.78, 5) is 12.8. The zero-order chi connectivity index (χ0) is 15.1. The van der Waals surface area contributed by atoms with Gasteiger partial charge in [0.1, 0.15) is 11.6 Å². The first-order valence-electron chi connectivity index (χ1n) is 6.53. The SMILES string of the molecule is O=C(CCCOc1cccc(F)c1)NCc1ccc(Br)s1. The highest BCUT2D eigenvalue weighted by molar-refractivity contribution is 9.11. The second-order valence-corrected chi connectivity index (χ2v) is 6.94. The predicted octanol–water partition coefficient (Wildman–Crippen LogP) is 4.13. The number of hydrogen-bond donors (Lipinski definition) is 1. The molecular weight excluding hydrogens is 357 g/mol.